The van der Waals surface area contributed by atoms with E-state index in [1.807, 2.05) is 19.9 Å². The molecule has 0 unspecified atom stereocenters. The number of methoxy groups -OCH3 is 1. The van der Waals surface area contributed by atoms with Gasteiger partial charge in [-0.15, -0.1) is 0 Å². The maximum Gasteiger partial charge on any atom is 0.338 e. The fourth-order valence-electron chi connectivity index (χ4n) is 4.18. The van der Waals surface area contributed by atoms with Crippen LogP contribution in [0.3, 0.4) is 0 Å². The Bertz CT molecular complexity index is 825. The van der Waals surface area contributed by atoms with Gasteiger partial charge in [0.1, 0.15) is 6.10 Å². The summed E-state index contributed by atoms with van der Waals surface area (Å²) in [5.74, 6) is 0.771. The molecule has 0 saturated heterocycles. The van der Waals surface area contributed by atoms with Crippen LogP contribution in [0.2, 0.25) is 0 Å². The molecule has 0 aromatic heterocycles. The van der Waals surface area contributed by atoms with Crippen molar-refractivity contribution in [3.05, 3.63) is 35.0 Å². The molecule has 7 heteroatoms. The number of nitrogens with one attached hydrogen (secondary N) is 2. The van der Waals surface area contributed by atoms with Gasteiger partial charge in [-0.05, 0) is 64.2 Å². The van der Waals surface area contributed by atoms with Crippen molar-refractivity contribution in [2.75, 3.05) is 7.11 Å². The number of hydrogen-bond donors (Lipinski definition) is 2. The van der Waals surface area contributed by atoms with Crippen LogP contribution in [0, 0.1) is 0 Å². The van der Waals surface area contributed by atoms with Gasteiger partial charge in [0.2, 0.25) is 0 Å². The van der Waals surface area contributed by atoms with E-state index in [0.29, 0.717) is 22.8 Å². The molecule has 1 aliphatic heterocycles. The molecule has 1 aliphatic carbocycles. The van der Waals surface area contributed by atoms with Crippen LogP contribution < -0.4 is 20.1 Å². The Hall–Kier alpha value is -2.70. The topological polar surface area (TPSA) is 85.9 Å². The summed E-state index contributed by atoms with van der Waals surface area (Å²) in [5.41, 5.74) is 1.65. The van der Waals surface area contributed by atoms with Crippen LogP contribution >= 0.6 is 0 Å². The van der Waals surface area contributed by atoms with Crippen molar-refractivity contribution in [2.45, 2.75) is 84.0 Å². The quantitative estimate of drug-likeness (QED) is 0.635. The average Bonchev–Trinajstić information content (AvgIpc) is 2.69. The molecule has 2 N–H and O–H groups in total. The number of carbonyl (C=O) groups excluding carboxylic acids is 2. The van der Waals surface area contributed by atoms with Crippen LogP contribution in [0.15, 0.2) is 29.5 Å². The van der Waals surface area contributed by atoms with Crippen LogP contribution in [0.4, 0.5) is 4.79 Å². The van der Waals surface area contributed by atoms with E-state index in [1.54, 1.807) is 26.2 Å². The lowest BCUT2D eigenvalue weighted by atomic mass is 9.94. The summed E-state index contributed by atoms with van der Waals surface area (Å²) in [6.07, 6.45) is 7.45. The Morgan fingerprint density at radius 3 is 2.39 bits per heavy atom. The van der Waals surface area contributed by atoms with Crippen LogP contribution in [-0.4, -0.2) is 31.3 Å². The number of allylic oxidation sites excluding steroid dienone is 1. The first kappa shape index (κ1) is 23.0. The maximum absolute atomic E-state index is 13.2. The summed E-state index contributed by atoms with van der Waals surface area (Å²) in [6, 6.07) is 4.45. The third-order valence-electron chi connectivity index (χ3n) is 5.70. The summed E-state index contributed by atoms with van der Waals surface area (Å²) in [4.78, 5) is 25.4. The lowest BCUT2D eigenvalue weighted by Crippen LogP contribution is -2.45. The predicted octanol–water partition coefficient (Wildman–Crippen LogP) is 4.77. The van der Waals surface area contributed by atoms with E-state index < -0.39 is 6.04 Å². The van der Waals surface area contributed by atoms with Crippen molar-refractivity contribution < 1.29 is 23.8 Å². The zero-order chi connectivity index (χ0) is 22.4. The number of amides is 2. The van der Waals surface area contributed by atoms with Gasteiger partial charge < -0.3 is 24.8 Å². The van der Waals surface area contributed by atoms with Gasteiger partial charge in [0.05, 0.1) is 24.8 Å². The molecule has 1 fully saturated rings. The molecule has 3 rings (SSSR count). The van der Waals surface area contributed by atoms with Gasteiger partial charge >= 0.3 is 12.0 Å². The number of urea groups is 1. The molecule has 2 amide bonds. The number of carbonyl (C=O) groups is 2. The second kappa shape index (κ2) is 10.6. The lowest BCUT2D eigenvalue weighted by molar-refractivity contribution is -0.145. The summed E-state index contributed by atoms with van der Waals surface area (Å²) in [7, 11) is 1.57. The number of ether oxygens (including phenoxy) is 3. The third-order valence-corrected chi connectivity index (χ3v) is 5.70. The first-order chi connectivity index (χ1) is 14.9. The van der Waals surface area contributed by atoms with E-state index in [1.165, 1.54) is 19.3 Å². The minimum Gasteiger partial charge on any atom is -0.493 e. The summed E-state index contributed by atoms with van der Waals surface area (Å²) in [5, 5.41) is 5.57. The molecule has 0 bridgehead atoms. The standard InChI is InChI=1S/C24H34N2O5/c1-15(2)30-19-13-12-17(14-20(19)29-4)22-21(16(3)25-24(28)26-22)23(27)31-18-10-8-6-5-7-9-11-18/h12-15,18,22H,5-11H2,1-4H3,(H2,25,26,28)/t22-/m0/s1. The van der Waals surface area contributed by atoms with Crippen LogP contribution in [0.25, 0.3) is 0 Å². The lowest BCUT2D eigenvalue weighted by Gasteiger charge is -2.30. The first-order valence-corrected chi connectivity index (χ1v) is 11.2. The second-order valence-corrected chi connectivity index (χ2v) is 8.52. The Kier molecular flexibility index (Phi) is 7.82. The largest absolute Gasteiger partial charge is 0.493 e. The monoisotopic (exact) mass is 430 g/mol. The fraction of sp³-hybridized carbons (Fsp3) is 0.583. The van der Waals surface area contributed by atoms with Crippen molar-refractivity contribution in [3.63, 3.8) is 0 Å². The van der Waals surface area contributed by atoms with Gasteiger partial charge in [-0.25, -0.2) is 9.59 Å². The molecule has 1 atom stereocenters. The molecule has 1 aromatic rings. The molecular weight excluding hydrogens is 396 g/mol. The van der Waals surface area contributed by atoms with Crippen molar-refractivity contribution >= 4 is 12.0 Å². The zero-order valence-electron chi connectivity index (χ0n) is 19.0. The van der Waals surface area contributed by atoms with E-state index in [9.17, 15) is 9.59 Å². The zero-order valence-corrected chi connectivity index (χ0v) is 19.0. The Morgan fingerprint density at radius 2 is 1.74 bits per heavy atom. The van der Waals surface area contributed by atoms with Crippen LogP contribution in [0.5, 0.6) is 11.5 Å². The molecule has 7 nitrogen and oxygen atoms in total. The highest BCUT2D eigenvalue weighted by Gasteiger charge is 2.34. The van der Waals surface area contributed by atoms with Gasteiger partial charge in [-0.2, -0.15) is 0 Å². The Balaban J connectivity index is 1.86. The first-order valence-electron chi connectivity index (χ1n) is 11.2. The van der Waals surface area contributed by atoms with Crippen molar-refractivity contribution in [3.8, 4) is 11.5 Å². The van der Waals surface area contributed by atoms with Gasteiger partial charge in [0.15, 0.2) is 11.5 Å². The SMILES string of the molecule is COc1cc([C@@H]2NC(=O)NC(C)=C2C(=O)OC2CCCCCCC2)ccc1OC(C)C. The highest BCUT2D eigenvalue weighted by atomic mass is 16.5. The van der Waals surface area contributed by atoms with Crippen molar-refractivity contribution in [1.29, 1.82) is 0 Å². The number of rotatable bonds is 6. The highest BCUT2D eigenvalue weighted by molar-refractivity contribution is 5.95. The molecule has 0 spiro atoms. The summed E-state index contributed by atoms with van der Waals surface area (Å²) >= 11 is 0. The summed E-state index contributed by atoms with van der Waals surface area (Å²) < 4.78 is 17.2. The van der Waals surface area contributed by atoms with Gasteiger partial charge in [0, 0.05) is 5.70 Å². The van der Waals surface area contributed by atoms with Crippen LogP contribution in [-0.2, 0) is 9.53 Å². The number of benzene rings is 1. The molecule has 1 heterocycles. The summed E-state index contributed by atoms with van der Waals surface area (Å²) in [6.45, 7) is 5.61. The van der Waals surface area contributed by atoms with Gasteiger partial charge in [-0.1, -0.05) is 25.3 Å². The minimum absolute atomic E-state index is 0.00483. The van der Waals surface area contributed by atoms with Crippen molar-refractivity contribution in [1.82, 2.24) is 10.6 Å². The van der Waals surface area contributed by atoms with E-state index in [4.69, 9.17) is 14.2 Å². The smallest absolute Gasteiger partial charge is 0.338 e. The molecular formula is C24H34N2O5. The van der Waals surface area contributed by atoms with E-state index in [0.717, 1.165) is 31.2 Å². The van der Waals surface area contributed by atoms with Gasteiger partial charge in [-0.3, -0.25) is 0 Å². The van der Waals surface area contributed by atoms with Crippen molar-refractivity contribution in [2.24, 2.45) is 0 Å². The fourth-order valence-corrected chi connectivity index (χ4v) is 4.18. The maximum atomic E-state index is 13.2. The molecule has 31 heavy (non-hydrogen) atoms. The predicted molar refractivity (Wildman–Crippen MR) is 118 cm³/mol. The molecule has 170 valence electrons. The van der Waals surface area contributed by atoms with E-state index in [2.05, 4.69) is 10.6 Å². The molecule has 1 aromatic carbocycles. The molecule has 2 aliphatic rings. The average molecular weight is 431 g/mol. The molecule has 0 radical (unpaired) electrons. The second-order valence-electron chi connectivity index (χ2n) is 8.52. The number of esters is 1. The highest BCUT2D eigenvalue weighted by Crippen LogP contribution is 2.35. The van der Waals surface area contributed by atoms with E-state index >= 15 is 0 Å². The molecule has 1 saturated carbocycles. The van der Waals surface area contributed by atoms with E-state index in [-0.39, 0.29) is 24.2 Å². The van der Waals surface area contributed by atoms with Crippen LogP contribution in [0.1, 0.15) is 77.3 Å². The normalized spacial score (nSPS) is 20.4. The Labute approximate surface area is 184 Å². The number of hydrogen-bond acceptors (Lipinski definition) is 5. The van der Waals surface area contributed by atoms with Gasteiger partial charge in [0.25, 0.3) is 0 Å². The Morgan fingerprint density at radius 1 is 1.06 bits per heavy atom. The minimum atomic E-state index is -0.628. The third kappa shape index (κ3) is 5.93.